The molecule has 1 aromatic heterocycles. The van der Waals surface area contributed by atoms with E-state index in [1.807, 2.05) is 0 Å². The first-order valence-corrected chi connectivity index (χ1v) is 5.56. The lowest BCUT2D eigenvalue weighted by atomic mass is 10.1. The quantitative estimate of drug-likeness (QED) is 0.508. The summed E-state index contributed by atoms with van der Waals surface area (Å²) in [6.07, 6.45) is -5.74. The molecule has 0 saturated heterocycles. The molecule has 0 aromatic carbocycles. The molecule has 0 amide bonds. The van der Waals surface area contributed by atoms with E-state index in [0.29, 0.717) is 0 Å². The van der Waals surface area contributed by atoms with E-state index in [0.717, 1.165) is 6.07 Å². The van der Waals surface area contributed by atoms with Crippen molar-refractivity contribution in [2.45, 2.75) is 26.3 Å². The third-order valence-corrected chi connectivity index (χ3v) is 2.15. The van der Waals surface area contributed by atoms with Crippen LogP contribution in [0.3, 0.4) is 0 Å². The van der Waals surface area contributed by atoms with Crippen LogP contribution in [0.1, 0.15) is 18.2 Å². The predicted octanol–water partition coefficient (Wildman–Crippen LogP) is 1.68. The Hall–Kier alpha value is -1.90. The lowest BCUT2D eigenvalue weighted by Gasteiger charge is -2.14. The number of nitrogens with zero attached hydrogens (tertiary/aromatic N) is 1. The van der Waals surface area contributed by atoms with Crippen LogP contribution in [0.4, 0.5) is 17.6 Å². The van der Waals surface area contributed by atoms with Gasteiger partial charge >= 0.3 is 12.3 Å². The maximum atomic E-state index is 13.7. The Morgan fingerprint density at radius 3 is 2.60 bits per heavy atom. The van der Waals surface area contributed by atoms with Crippen molar-refractivity contribution in [1.82, 2.24) is 4.98 Å². The van der Waals surface area contributed by atoms with Crippen molar-refractivity contribution >= 4 is 5.97 Å². The fraction of sp³-hybridized carbons (Fsp3) is 0.455. The van der Waals surface area contributed by atoms with Gasteiger partial charge in [0, 0.05) is 12.6 Å². The number of hydrogen-bond donors (Lipinski definition) is 1. The Morgan fingerprint density at radius 2 is 2.10 bits per heavy atom. The van der Waals surface area contributed by atoms with Gasteiger partial charge in [0.1, 0.15) is 5.75 Å². The number of ether oxygens (including phenoxy) is 2. The van der Waals surface area contributed by atoms with Crippen LogP contribution in [0.5, 0.6) is 5.75 Å². The molecule has 0 aliphatic carbocycles. The molecule has 0 spiro atoms. The zero-order valence-corrected chi connectivity index (χ0v) is 10.5. The Kier molecular flexibility index (Phi) is 5.26. The van der Waals surface area contributed by atoms with E-state index in [9.17, 15) is 22.4 Å². The van der Waals surface area contributed by atoms with Crippen molar-refractivity contribution in [1.29, 1.82) is 0 Å². The molecule has 0 aliphatic heterocycles. The summed E-state index contributed by atoms with van der Waals surface area (Å²) in [5, 5.41) is 0. The molecule has 5 nitrogen and oxygen atoms in total. The molecule has 1 heterocycles. The van der Waals surface area contributed by atoms with Crippen LogP contribution in [0.25, 0.3) is 0 Å². The number of carbonyl (C=O) groups is 1. The third kappa shape index (κ3) is 4.65. The molecule has 0 saturated carbocycles. The SMILES string of the molecule is CCOC(=O)Cc1c(OC(F)(F)F)cc(CN)nc1F. The number of hydrogen-bond acceptors (Lipinski definition) is 5. The topological polar surface area (TPSA) is 74.4 Å². The highest BCUT2D eigenvalue weighted by Gasteiger charge is 2.33. The van der Waals surface area contributed by atoms with Gasteiger partial charge in [-0.25, -0.2) is 4.98 Å². The second kappa shape index (κ2) is 6.51. The van der Waals surface area contributed by atoms with E-state index in [2.05, 4.69) is 14.5 Å². The molecule has 0 bridgehead atoms. The van der Waals surface area contributed by atoms with Gasteiger partial charge in [0.15, 0.2) is 0 Å². The molecule has 0 fully saturated rings. The van der Waals surface area contributed by atoms with Crippen LogP contribution in [0.2, 0.25) is 0 Å². The summed E-state index contributed by atoms with van der Waals surface area (Å²) >= 11 is 0. The zero-order chi connectivity index (χ0) is 15.3. The first-order valence-electron chi connectivity index (χ1n) is 5.56. The summed E-state index contributed by atoms with van der Waals surface area (Å²) in [5.74, 6) is -2.99. The van der Waals surface area contributed by atoms with Crippen molar-refractivity contribution in [3.05, 3.63) is 23.3 Å². The zero-order valence-electron chi connectivity index (χ0n) is 10.5. The molecule has 1 aromatic rings. The van der Waals surface area contributed by atoms with Crippen molar-refractivity contribution in [3.63, 3.8) is 0 Å². The van der Waals surface area contributed by atoms with Crippen molar-refractivity contribution in [2.24, 2.45) is 5.73 Å². The number of aromatic nitrogens is 1. The Morgan fingerprint density at radius 1 is 1.45 bits per heavy atom. The van der Waals surface area contributed by atoms with Gasteiger partial charge in [-0.1, -0.05) is 0 Å². The van der Waals surface area contributed by atoms with E-state index < -0.39 is 36.0 Å². The average Bonchev–Trinajstić information content (AvgIpc) is 2.31. The minimum atomic E-state index is -5.02. The number of halogens is 4. The van der Waals surface area contributed by atoms with E-state index >= 15 is 0 Å². The fourth-order valence-corrected chi connectivity index (χ4v) is 1.40. The smallest absolute Gasteiger partial charge is 0.466 e. The highest BCUT2D eigenvalue weighted by molar-refractivity contribution is 5.73. The lowest BCUT2D eigenvalue weighted by Crippen LogP contribution is -2.21. The minimum absolute atomic E-state index is 0.0181. The monoisotopic (exact) mass is 296 g/mol. The summed E-state index contributed by atoms with van der Waals surface area (Å²) in [4.78, 5) is 14.6. The molecule has 0 atom stereocenters. The number of alkyl halides is 3. The van der Waals surface area contributed by atoms with Crippen LogP contribution >= 0.6 is 0 Å². The molecular formula is C11H12F4N2O3. The molecular weight excluding hydrogens is 284 g/mol. The van der Waals surface area contributed by atoms with E-state index in [1.165, 1.54) is 6.92 Å². The first kappa shape index (κ1) is 16.2. The maximum absolute atomic E-state index is 13.7. The minimum Gasteiger partial charge on any atom is -0.466 e. The highest BCUT2D eigenvalue weighted by Crippen LogP contribution is 2.29. The normalized spacial score (nSPS) is 11.3. The van der Waals surface area contributed by atoms with Crippen molar-refractivity contribution in [3.8, 4) is 5.75 Å². The van der Waals surface area contributed by atoms with Crippen molar-refractivity contribution < 1.29 is 31.8 Å². The van der Waals surface area contributed by atoms with Crippen LogP contribution in [-0.4, -0.2) is 23.9 Å². The summed E-state index contributed by atoms with van der Waals surface area (Å²) < 4.78 is 58.7. The number of carbonyl (C=O) groups excluding carboxylic acids is 1. The first-order chi connectivity index (χ1) is 9.26. The van der Waals surface area contributed by atoms with E-state index in [1.54, 1.807) is 0 Å². The largest absolute Gasteiger partial charge is 0.573 e. The number of nitrogens with two attached hydrogens (primary N) is 1. The van der Waals surface area contributed by atoms with Gasteiger partial charge in [0.05, 0.1) is 24.3 Å². The average molecular weight is 296 g/mol. The van der Waals surface area contributed by atoms with Crippen LogP contribution in [0, 0.1) is 5.95 Å². The van der Waals surface area contributed by atoms with Crippen LogP contribution in [0.15, 0.2) is 6.07 Å². The van der Waals surface area contributed by atoms with Gasteiger partial charge in [-0.15, -0.1) is 13.2 Å². The molecule has 2 N–H and O–H groups in total. The van der Waals surface area contributed by atoms with Crippen molar-refractivity contribution in [2.75, 3.05) is 6.61 Å². The maximum Gasteiger partial charge on any atom is 0.573 e. The van der Waals surface area contributed by atoms with E-state index in [-0.39, 0.29) is 18.8 Å². The van der Waals surface area contributed by atoms with Gasteiger partial charge < -0.3 is 15.2 Å². The van der Waals surface area contributed by atoms with Crippen LogP contribution in [-0.2, 0) is 22.5 Å². The second-order valence-electron chi connectivity index (χ2n) is 3.61. The lowest BCUT2D eigenvalue weighted by molar-refractivity contribution is -0.275. The Balaban J connectivity index is 3.15. The molecule has 0 unspecified atom stereocenters. The standard InChI is InChI=1S/C11H12F4N2O3/c1-2-19-9(18)4-7-8(20-11(13,14)15)3-6(5-16)17-10(7)12/h3H,2,4-5,16H2,1H3. The number of pyridine rings is 1. The molecule has 1 rings (SSSR count). The van der Waals surface area contributed by atoms with Gasteiger partial charge in [0.2, 0.25) is 5.95 Å². The van der Waals surface area contributed by atoms with E-state index in [4.69, 9.17) is 5.73 Å². The second-order valence-corrected chi connectivity index (χ2v) is 3.61. The van der Waals surface area contributed by atoms with Gasteiger partial charge in [-0.3, -0.25) is 4.79 Å². The van der Waals surface area contributed by atoms with Gasteiger partial charge in [-0.05, 0) is 6.92 Å². The number of rotatable bonds is 5. The molecule has 0 radical (unpaired) electrons. The summed E-state index contributed by atoms with van der Waals surface area (Å²) in [7, 11) is 0. The Labute approximate surface area is 111 Å². The number of esters is 1. The third-order valence-electron chi connectivity index (χ3n) is 2.15. The summed E-state index contributed by atoms with van der Waals surface area (Å²) in [6.45, 7) is 1.26. The Bertz CT molecular complexity index is 491. The molecule has 20 heavy (non-hydrogen) atoms. The predicted molar refractivity (Wildman–Crippen MR) is 59.1 cm³/mol. The van der Waals surface area contributed by atoms with Gasteiger partial charge in [0.25, 0.3) is 0 Å². The molecule has 9 heteroatoms. The summed E-state index contributed by atoms with van der Waals surface area (Å²) in [5.41, 5.74) is 4.44. The fourth-order valence-electron chi connectivity index (χ4n) is 1.40. The van der Waals surface area contributed by atoms with Gasteiger partial charge in [-0.2, -0.15) is 4.39 Å². The molecule has 0 aliphatic rings. The summed E-state index contributed by atoms with van der Waals surface area (Å²) in [6, 6.07) is 0.838. The molecule has 112 valence electrons. The highest BCUT2D eigenvalue weighted by atomic mass is 19.4. The van der Waals surface area contributed by atoms with Crippen LogP contribution < -0.4 is 10.5 Å².